The minimum atomic E-state index is -4.31. The monoisotopic (exact) mass is 266 g/mol. The molecule has 0 amide bonds. The fraction of sp³-hybridized carbons (Fsp3) is 0.286. The highest BCUT2D eigenvalue weighted by molar-refractivity contribution is 5.68. The van der Waals surface area contributed by atoms with Crippen LogP contribution < -0.4 is 5.43 Å². The van der Waals surface area contributed by atoms with E-state index in [4.69, 9.17) is 0 Å². The molecule has 1 heterocycles. The van der Waals surface area contributed by atoms with Gasteiger partial charge in [-0.2, -0.15) is 13.2 Å². The molecule has 1 atom stereocenters. The number of hydrogen-bond donors (Lipinski definition) is 1. The minimum absolute atomic E-state index is 0.0349. The minimum Gasteiger partial charge on any atom is -0.293 e. The van der Waals surface area contributed by atoms with E-state index >= 15 is 0 Å². The maximum Gasteiger partial charge on any atom is 0.416 e. The van der Waals surface area contributed by atoms with Crippen molar-refractivity contribution in [3.05, 3.63) is 41.5 Å². The van der Waals surface area contributed by atoms with Crippen molar-refractivity contribution in [2.75, 3.05) is 7.05 Å². The van der Waals surface area contributed by atoms with Crippen molar-refractivity contribution in [1.29, 1.82) is 0 Å². The molecule has 2 nitrogen and oxygen atoms in total. The normalized spacial score (nSPS) is 18.7. The van der Waals surface area contributed by atoms with Crippen molar-refractivity contribution >= 4 is 5.70 Å². The Bertz CT molecular complexity index is 547. The molecule has 0 fully saturated rings. The summed E-state index contributed by atoms with van der Waals surface area (Å²) in [5.74, 6) is 5.85. The van der Waals surface area contributed by atoms with Gasteiger partial charge in [0.2, 0.25) is 0 Å². The Labute approximate surface area is 109 Å². The molecule has 0 spiro atoms. The number of alkyl halides is 3. The molecule has 0 bridgehead atoms. The average Bonchev–Trinajstić information content (AvgIpc) is 2.37. The van der Waals surface area contributed by atoms with E-state index in [1.807, 2.05) is 11.9 Å². The third-order valence-corrected chi connectivity index (χ3v) is 2.90. The van der Waals surface area contributed by atoms with Gasteiger partial charge in [0.05, 0.1) is 11.3 Å². The van der Waals surface area contributed by atoms with Crippen LogP contribution >= 0.6 is 0 Å². The summed E-state index contributed by atoms with van der Waals surface area (Å²) in [4.78, 5) is 0. The average molecular weight is 266 g/mol. The van der Waals surface area contributed by atoms with E-state index in [0.29, 0.717) is 5.56 Å². The predicted molar refractivity (Wildman–Crippen MR) is 67.6 cm³/mol. The van der Waals surface area contributed by atoms with Gasteiger partial charge >= 0.3 is 6.18 Å². The molecular weight excluding hydrogens is 253 g/mol. The van der Waals surface area contributed by atoms with Crippen LogP contribution in [0.15, 0.2) is 30.3 Å². The van der Waals surface area contributed by atoms with Gasteiger partial charge in [-0.15, -0.1) is 0 Å². The summed E-state index contributed by atoms with van der Waals surface area (Å²) in [6, 6.07) is 5.04. The highest BCUT2D eigenvalue weighted by Crippen LogP contribution is 2.30. The van der Waals surface area contributed by atoms with Crippen LogP contribution in [0.5, 0.6) is 0 Å². The van der Waals surface area contributed by atoms with Gasteiger partial charge in [-0.05, 0) is 24.6 Å². The van der Waals surface area contributed by atoms with E-state index in [-0.39, 0.29) is 6.04 Å². The van der Waals surface area contributed by atoms with Crippen LogP contribution in [0.1, 0.15) is 18.1 Å². The standard InChI is InChI=1S/C14H13F3N2/c1-10-4-3-5-13(19(10)18-2)11-6-8-12(9-7-11)14(15,16)17/h5-10,18H,1-2H3. The number of allylic oxidation sites excluding steroid dienone is 1. The van der Waals surface area contributed by atoms with Crippen LogP contribution in [-0.2, 0) is 6.18 Å². The number of nitrogens with zero attached hydrogens (tertiary/aromatic N) is 1. The second-order valence-corrected chi connectivity index (χ2v) is 4.16. The molecule has 1 aromatic rings. The Morgan fingerprint density at radius 1 is 1.21 bits per heavy atom. The number of hydrazine groups is 1. The molecular formula is C14H13F3N2. The van der Waals surface area contributed by atoms with E-state index in [1.54, 1.807) is 13.1 Å². The van der Waals surface area contributed by atoms with Crippen molar-refractivity contribution < 1.29 is 13.2 Å². The molecule has 5 heteroatoms. The summed E-state index contributed by atoms with van der Waals surface area (Å²) in [6.07, 6.45) is -2.62. The number of benzene rings is 1. The molecule has 100 valence electrons. The second-order valence-electron chi connectivity index (χ2n) is 4.16. The SMILES string of the molecule is CNN1C(c2ccc(C(F)(F)F)cc2)=CC#CC1C. The van der Waals surface area contributed by atoms with Gasteiger partial charge in [0.25, 0.3) is 0 Å². The Balaban J connectivity index is 2.33. The van der Waals surface area contributed by atoms with Gasteiger partial charge in [-0.3, -0.25) is 5.01 Å². The van der Waals surface area contributed by atoms with Gasteiger partial charge in [0.1, 0.15) is 6.04 Å². The summed E-state index contributed by atoms with van der Waals surface area (Å²) in [7, 11) is 1.75. The number of nitrogens with one attached hydrogen (secondary N) is 1. The largest absolute Gasteiger partial charge is 0.416 e. The maximum absolute atomic E-state index is 12.5. The summed E-state index contributed by atoms with van der Waals surface area (Å²) in [5, 5.41) is 1.82. The first kappa shape index (κ1) is 13.5. The van der Waals surface area contributed by atoms with Crippen molar-refractivity contribution in [3.63, 3.8) is 0 Å². The lowest BCUT2D eigenvalue weighted by molar-refractivity contribution is -0.137. The van der Waals surface area contributed by atoms with Crippen molar-refractivity contribution in [2.24, 2.45) is 0 Å². The van der Waals surface area contributed by atoms with E-state index in [1.165, 1.54) is 12.1 Å². The highest BCUT2D eigenvalue weighted by Gasteiger charge is 2.30. The van der Waals surface area contributed by atoms with E-state index in [9.17, 15) is 13.2 Å². The molecule has 0 saturated heterocycles. The number of rotatable bonds is 2. The second kappa shape index (κ2) is 4.98. The van der Waals surface area contributed by atoms with Gasteiger partial charge < -0.3 is 0 Å². The van der Waals surface area contributed by atoms with Crippen molar-refractivity contribution in [1.82, 2.24) is 10.4 Å². The zero-order chi connectivity index (χ0) is 14.0. The third kappa shape index (κ3) is 2.74. The lowest BCUT2D eigenvalue weighted by Crippen LogP contribution is -2.41. The topological polar surface area (TPSA) is 15.3 Å². The summed E-state index contributed by atoms with van der Waals surface area (Å²) < 4.78 is 37.5. The quantitative estimate of drug-likeness (QED) is 0.828. The molecule has 0 aromatic heterocycles. The van der Waals surface area contributed by atoms with Crippen LogP contribution in [-0.4, -0.2) is 18.1 Å². The van der Waals surface area contributed by atoms with E-state index < -0.39 is 11.7 Å². The van der Waals surface area contributed by atoms with Crippen LogP contribution in [0.3, 0.4) is 0 Å². The summed E-state index contributed by atoms with van der Waals surface area (Å²) in [5.41, 5.74) is 3.80. The van der Waals surface area contributed by atoms with Gasteiger partial charge in [0.15, 0.2) is 0 Å². The van der Waals surface area contributed by atoms with Gasteiger partial charge in [-0.25, -0.2) is 5.43 Å². The lowest BCUT2D eigenvalue weighted by atomic mass is 10.1. The first-order valence-electron chi connectivity index (χ1n) is 5.79. The van der Waals surface area contributed by atoms with E-state index in [2.05, 4.69) is 17.3 Å². The van der Waals surface area contributed by atoms with Gasteiger partial charge in [-0.1, -0.05) is 24.0 Å². The van der Waals surface area contributed by atoms with E-state index in [0.717, 1.165) is 17.8 Å². The Morgan fingerprint density at radius 3 is 2.37 bits per heavy atom. The Hall–Kier alpha value is -1.93. The van der Waals surface area contributed by atoms with Gasteiger partial charge in [0, 0.05) is 13.1 Å². The predicted octanol–water partition coefficient (Wildman–Crippen LogP) is 2.89. The first-order chi connectivity index (χ1) is 8.93. The fourth-order valence-electron chi connectivity index (χ4n) is 1.94. The molecule has 1 aromatic carbocycles. The summed E-state index contributed by atoms with van der Waals surface area (Å²) >= 11 is 0. The highest BCUT2D eigenvalue weighted by atomic mass is 19.4. The zero-order valence-corrected chi connectivity index (χ0v) is 10.5. The number of halogens is 3. The molecule has 1 N–H and O–H groups in total. The molecule has 0 radical (unpaired) electrons. The third-order valence-electron chi connectivity index (χ3n) is 2.90. The first-order valence-corrected chi connectivity index (χ1v) is 5.79. The molecule has 1 unspecified atom stereocenters. The molecule has 0 aliphatic carbocycles. The Morgan fingerprint density at radius 2 is 1.84 bits per heavy atom. The Kier molecular flexibility index (Phi) is 3.54. The molecule has 0 saturated carbocycles. The number of hydrogen-bond acceptors (Lipinski definition) is 2. The molecule has 1 aliphatic rings. The van der Waals surface area contributed by atoms with Crippen molar-refractivity contribution in [2.45, 2.75) is 19.1 Å². The smallest absolute Gasteiger partial charge is 0.293 e. The van der Waals surface area contributed by atoms with Crippen LogP contribution in [0, 0.1) is 11.8 Å². The lowest BCUT2D eigenvalue weighted by Gasteiger charge is -2.31. The van der Waals surface area contributed by atoms with Crippen LogP contribution in [0.4, 0.5) is 13.2 Å². The molecule has 2 rings (SSSR count). The molecule has 19 heavy (non-hydrogen) atoms. The van der Waals surface area contributed by atoms with Crippen molar-refractivity contribution in [3.8, 4) is 11.8 Å². The fourth-order valence-corrected chi connectivity index (χ4v) is 1.94. The maximum atomic E-state index is 12.5. The van der Waals surface area contributed by atoms with Crippen LogP contribution in [0.25, 0.3) is 5.70 Å². The molecule has 1 aliphatic heterocycles. The summed E-state index contributed by atoms with van der Waals surface area (Å²) in [6.45, 7) is 1.92. The zero-order valence-electron chi connectivity index (χ0n) is 10.5. The van der Waals surface area contributed by atoms with Crippen LogP contribution in [0.2, 0.25) is 0 Å².